The molecule has 0 radical (unpaired) electrons. The Labute approximate surface area is 212 Å². The molecule has 6 aromatic carbocycles. The minimum absolute atomic E-state index is 1.14. The van der Waals surface area contributed by atoms with Crippen LogP contribution in [0.15, 0.2) is 146 Å². The van der Waals surface area contributed by atoms with E-state index in [4.69, 9.17) is 0 Å². The lowest BCUT2D eigenvalue weighted by molar-refractivity contribution is 1.30. The Morgan fingerprint density at radius 2 is 0.972 bits per heavy atom. The maximum Gasteiger partial charge on any atom is 0.0540 e. The van der Waals surface area contributed by atoms with Crippen LogP contribution in [0.1, 0.15) is 5.56 Å². The molecule has 0 saturated carbocycles. The molecular formula is C35H27N. The molecule has 1 nitrogen and oxygen atoms in total. The standard InChI is InChI=1S/C35H27N/c1-26-18-20-27(21-19-26)28-22-24-30(25-23-28)33-15-7-8-16-34(33)36(31-12-3-2-4-13-31)35-17-9-11-29-10-5-6-14-32(29)35/h2-25H,1H3. The van der Waals surface area contributed by atoms with Gasteiger partial charge in [-0.05, 0) is 53.3 Å². The number of nitrogens with zero attached hydrogens (tertiary/aromatic N) is 1. The van der Waals surface area contributed by atoms with E-state index < -0.39 is 0 Å². The van der Waals surface area contributed by atoms with Crippen LogP contribution in [0.5, 0.6) is 0 Å². The van der Waals surface area contributed by atoms with Crippen LogP contribution in [0.2, 0.25) is 0 Å². The SMILES string of the molecule is Cc1ccc(-c2ccc(-c3ccccc3N(c3ccccc3)c3cccc4ccccc34)cc2)cc1. The highest BCUT2D eigenvalue weighted by Crippen LogP contribution is 2.43. The van der Waals surface area contributed by atoms with Gasteiger partial charge in [0.1, 0.15) is 0 Å². The average Bonchev–Trinajstić information content (AvgIpc) is 2.95. The summed E-state index contributed by atoms with van der Waals surface area (Å²) >= 11 is 0. The van der Waals surface area contributed by atoms with Crippen molar-refractivity contribution in [2.24, 2.45) is 0 Å². The van der Waals surface area contributed by atoms with Crippen molar-refractivity contribution < 1.29 is 0 Å². The van der Waals surface area contributed by atoms with Gasteiger partial charge in [0.2, 0.25) is 0 Å². The van der Waals surface area contributed by atoms with Gasteiger partial charge in [0, 0.05) is 16.6 Å². The van der Waals surface area contributed by atoms with Gasteiger partial charge in [-0.25, -0.2) is 0 Å². The van der Waals surface area contributed by atoms with E-state index in [9.17, 15) is 0 Å². The molecule has 0 aliphatic carbocycles. The van der Waals surface area contributed by atoms with E-state index in [0.29, 0.717) is 0 Å². The lowest BCUT2D eigenvalue weighted by atomic mass is 9.97. The maximum absolute atomic E-state index is 2.38. The van der Waals surface area contributed by atoms with Crippen molar-refractivity contribution in [2.75, 3.05) is 4.90 Å². The quantitative estimate of drug-likeness (QED) is 0.247. The summed E-state index contributed by atoms with van der Waals surface area (Å²) < 4.78 is 0. The normalized spacial score (nSPS) is 10.9. The number of aryl methyl sites for hydroxylation is 1. The molecule has 0 unspecified atom stereocenters. The minimum Gasteiger partial charge on any atom is -0.309 e. The topological polar surface area (TPSA) is 3.24 Å². The molecule has 0 amide bonds. The summed E-state index contributed by atoms with van der Waals surface area (Å²) in [5.74, 6) is 0. The van der Waals surface area contributed by atoms with Gasteiger partial charge in [-0.3, -0.25) is 0 Å². The van der Waals surface area contributed by atoms with Gasteiger partial charge in [0.05, 0.1) is 11.4 Å². The summed E-state index contributed by atoms with van der Waals surface area (Å²) in [4.78, 5) is 2.38. The van der Waals surface area contributed by atoms with Crippen molar-refractivity contribution >= 4 is 27.8 Å². The highest BCUT2D eigenvalue weighted by atomic mass is 15.1. The second kappa shape index (κ2) is 9.56. The van der Waals surface area contributed by atoms with Crippen molar-refractivity contribution in [2.45, 2.75) is 6.92 Å². The second-order valence-electron chi connectivity index (χ2n) is 9.13. The molecule has 6 aromatic rings. The van der Waals surface area contributed by atoms with Gasteiger partial charge in [0.15, 0.2) is 0 Å². The number of hydrogen-bond acceptors (Lipinski definition) is 1. The van der Waals surface area contributed by atoms with Crippen molar-refractivity contribution in [1.82, 2.24) is 0 Å². The van der Waals surface area contributed by atoms with Crippen LogP contribution in [0.25, 0.3) is 33.0 Å². The van der Waals surface area contributed by atoms with E-state index in [2.05, 4.69) is 157 Å². The van der Waals surface area contributed by atoms with Crippen LogP contribution in [0.4, 0.5) is 17.1 Å². The van der Waals surface area contributed by atoms with Crippen LogP contribution in [-0.4, -0.2) is 0 Å². The van der Waals surface area contributed by atoms with Crippen molar-refractivity contribution in [3.8, 4) is 22.3 Å². The first-order valence-corrected chi connectivity index (χ1v) is 12.4. The fourth-order valence-corrected chi connectivity index (χ4v) is 4.89. The summed E-state index contributed by atoms with van der Waals surface area (Å²) in [5, 5.41) is 2.46. The highest BCUT2D eigenvalue weighted by Gasteiger charge is 2.18. The maximum atomic E-state index is 2.38. The summed E-state index contributed by atoms with van der Waals surface area (Å²) in [6, 6.07) is 52.1. The van der Waals surface area contributed by atoms with Crippen LogP contribution in [0, 0.1) is 6.92 Å². The summed E-state index contributed by atoms with van der Waals surface area (Å²) in [5.41, 5.74) is 9.60. The van der Waals surface area contributed by atoms with E-state index in [1.54, 1.807) is 0 Å². The number of hydrogen-bond donors (Lipinski definition) is 0. The molecule has 0 aromatic heterocycles. The Morgan fingerprint density at radius 1 is 0.417 bits per heavy atom. The largest absolute Gasteiger partial charge is 0.309 e. The number of para-hydroxylation sites is 2. The third-order valence-electron chi connectivity index (χ3n) is 6.75. The molecule has 0 fully saturated rings. The molecule has 172 valence electrons. The molecule has 6 rings (SSSR count). The first kappa shape index (κ1) is 21.9. The Kier molecular flexibility index (Phi) is 5.81. The van der Waals surface area contributed by atoms with E-state index in [0.717, 1.165) is 11.4 Å². The Morgan fingerprint density at radius 3 is 1.75 bits per heavy atom. The fourth-order valence-electron chi connectivity index (χ4n) is 4.89. The molecule has 0 aliphatic rings. The molecule has 0 spiro atoms. The van der Waals surface area contributed by atoms with Crippen LogP contribution < -0.4 is 4.90 Å². The van der Waals surface area contributed by atoms with Gasteiger partial charge in [-0.15, -0.1) is 0 Å². The smallest absolute Gasteiger partial charge is 0.0540 e. The van der Waals surface area contributed by atoms with Gasteiger partial charge in [-0.1, -0.05) is 127 Å². The molecular weight excluding hydrogens is 434 g/mol. The number of benzene rings is 6. The van der Waals surface area contributed by atoms with Crippen LogP contribution >= 0.6 is 0 Å². The first-order valence-electron chi connectivity index (χ1n) is 12.4. The Balaban J connectivity index is 1.50. The minimum atomic E-state index is 1.14. The molecule has 0 aliphatic heterocycles. The fraction of sp³-hybridized carbons (Fsp3) is 0.0286. The predicted octanol–water partition coefficient (Wildman–Crippen LogP) is 9.95. The van der Waals surface area contributed by atoms with E-state index in [-0.39, 0.29) is 0 Å². The third kappa shape index (κ3) is 4.16. The highest BCUT2D eigenvalue weighted by molar-refractivity contribution is 6.01. The Hall–Kier alpha value is -4.62. The molecule has 0 bridgehead atoms. The van der Waals surface area contributed by atoms with E-state index >= 15 is 0 Å². The van der Waals surface area contributed by atoms with E-state index in [1.165, 1.54) is 44.3 Å². The van der Waals surface area contributed by atoms with E-state index in [1.807, 2.05) is 0 Å². The summed E-state index contributed by atoms with van der Waals surface area (Å²) in [7, 11) is 0. The van der Waals surface area contributed by atoms with Crippen molar-refractivity contribution in [3.63, 3.8) is 0 Å². The van der Waals surface area contributed by atoms with Gasteiger partial charge in [-0.2, -0.15) is 0 Å². The van der Waals surface area contributed by atoms with Crippen molar-refractivity contribution in [1.29, 1.82) is 0 Å². The predicted molar refractivity (Wildman–Crippen MR) is 154 cm³/mol. The van der Waals surface area contributed by atoms with Gasteiger partial charge < -0.3 is 4.90 Å². The summed E-state index contributed by atoms with van der Waals surface area (Å²) in [6.45, 7) is 2.12. The number of anilines is 3. The molecule has 36 heavy (non-hydrogen) atoms. The number of fused-ring (bicyclic) bond motifs is 1. The third-order valence-corrected chi connectivity index (χ3v) is 6.75. The molecule has 0 N–H and O–H groups in total. The monoisotopic (exact) mass is 461 g/mol. The van der Waals surface area contributed by atoms with Crippen LogP contribution in [0.3, 0.4) is 0 Å². The zero-order valence-corrected chi connectivity index (χ0v) is 20.3. The van der Waals surface area contributed by atoms with Gasteiger partial charge >= 0.3 is 0 Å². The second-order valence-corrected chi connectivity index (χ2v) is 9.13. The van der Waals surface area contributed by atoms with Crippen molar-refractivity contribution in [3.05, 3.63) is 151 Å². The zero-order valence-electron chi connectivity index (χ0n) is 20.3. The first-order chi connectivity index (χ1) is 17.8. The van der Waals surface area contributed by atoms with Crippen LogP contribution in [-0.2, 0) is 0 Å². The molecule has 1 heteroatoms. The molecule has 0 heterocycles. The number of rotatable bonds is 5. The van der Waals surface area contributed by atoms with Gasteiger partial charge in [0.25, 0.3) is 0 Å². The zero-order chi connectivity index (χ0) is 24.3. The molecule has 0 atom stereocenters. The Bertz CT molecular complexity index is 1610. The lowest BCUT2D eigenvalue weighted by Crippen LogP contribution is -2.11. The lowest BCUT2D eigenvalue weighted by Gasteiger charge is -2.29. The average molecular weight is 462 g/mol. The molecule has 0 saturated heterocycles. The summed E-state index contributed by atoms with van der Waals surface area (Å²) in [6.07, 6.45) is 0.